The second-order valence-corrected chi connectivity index (χ2v) is 5.77. The summed E-state index contributed by atoms with van der Waals surface area (Å²) < 4.78 is 0. The van der Waals surface area contributed by atoms with Crippen molar-refractivity contribution in [1.82, 2.24) is 4.90 Å². The lowest BCUT2D eigenvalue weighted by Crippen LogP contribution is -2.26. The summed E-state index contributed by atoms with van der Waals surface area (Å²) in [5.41, 5.74) is 0.846. The number of amides is 1. The molecule has 1 amide bonds. The van der Waals surface area contributed by atoms with Gasteiger partial charge < -0.3 is 10.0 Å². The Hall–Kier alpha value is -1.03. The van der Waals surface area contributed by atoms with Gasteiger partial charge in [0.05, 0.1) is 10.0 Å². The molecule has 1 atom stereocenters. The van der Waals surface area contributed by atoms with Gasteiger partial charge >= 0.3 is 0 Å². The van der Waals surface area contributed by atoms with E-state index in [2.05, 4.69) is 0 Å². The fourth-order valence-electron chi connectivity index (χ4n) is 2.34. The van der Waals surface area contributed by atoms with Crippen LogP contribution in [0.2, 0.25) is 10.0 Å². The van der Waals surface area contributed by atoms with E-state index in [1.165, 1.54) is 0 Å². The molecule has 20 heavy (non-hydrogen) atoms. The highest BCUT2D eigenvalue weighted by molar-refractivity contribution is 6.42. The van der Waals surface area contributed by atoms with Crippen LogP contribution in [0.15, 0.2) is 24.3 Å². The zero-order valence-electron chi connectivity index (χ0n) is 11.1. The Labute approximate surface area is 128 Å². The van der Waals surface area contributed by atoms with E-state index in [1.54, 1.807) is 24.3 Å². The first-order valence-electron chi connectivity index (χ1n) is 6.63. The first-order chi connectivity index (χ1) is 9.60. The third-order valence-electron chi connectivity index (χ3n) is 3.50. The molecule has 0 aromatic heterocycles. The molecule has 5 heteroatoms. The monoisotopic (exact) mass is 313 g/mol. The van der Waals surface area contributed by atoms with Gasteiger partial charge in [-0.2, -0.15) is 0 Å². The van der Waals surface area contributed by atoms with Crippen LogP contribution < -0.4 is 0 Å². The molecule has 0 radical (unpaired) electrons. The smallest absolute Gasteiger partial charge is 0.246 e. The van der Waals surface area contributed by atoms with Gasteiger partial charge in [0, 0.05) is 25.8 Å². The third kappa shape index (κ3) is 3.98. The summed E-state index contributed by atoms with van der Waals surface area (Å²) in [5.74, 6) is 0.416. The highest BCUT2D eigenvalue weighted by atomic mass is 35.5. The SMILES string of the molecule is O=C(/C=C/c1ccc(Cl)c(Cl)c1)N1CCC(CCO)C1. The molecule has 1 aliphatic heterocycles. The Balaban J connectivity index is 1.94. The lowest BCUT2D eigenvalue weighted by atomic mass is 10.1. The summed E-state index contributed by atoms with van der Waals surface area (Å²) in [6.45, 7) is 1.67. The van der Waals surface area contributed by atoms with Gasteiger partial charge in [-0.1, -0.05) is 29.3 Å². The lowest BCUT2D eigenvalue weighted by molar-refractivity contribution is -0.125. The fraction of sp³-hybridized carbons (Fsp3) is 0.400. The van der Waals surface area contributed by atoms with Crippen molar-refractivity contribution in [3.63, 3.8) is 0 Å². The minimum atomic E-state index is -0.00323. The minimum Gasteiger partial charge on any atom is -0.396 e. The molecule has 1 aromatic rings. The topological polar surface area (TPSA) is 40.5 Å². The molecule has 1 N–H and O–H groups in total. The number of benzene rings is 1. The van der Waals surface area contributed by atoms with E-state index >= 15 is 0 Å². The summed E-state index contributed by atoms with van der Waals surface area (Å²) in [5, 5.41) is 9.89. The molecule has 3 nitrogen and oxygen atoms in total. The molecule has 1 fully saturated rings. The second kappa shape index (κ2) is 7.11. The number of carbonyl (C=O) groups is 1. The van der Waals surface area contributed by atoms with Crippen LogP contribution in [-0.2, 0) is 4.79 Å². The molecule has 1 unspecified atom stereocenters. The Morgan fingerprint density at radius 2 is 2.20 bits per heavy atom. The van der Waals surface area contributed by atoms with Crippen molar-refractivity contribution >= 4 is 35.2 Å². The molecule has 1 heterocycles. The molecule has 2 rings (SSSR count). The molecule has 0 spiro atoms. The summed E-state index contributed by atoms with van der Waals surface area (Å²) in [6, 6.07) is 5.25. The van der Waals surface area contributed by atoms with E-state index in [0.29, 0.717) is 16.0 Å². The van der Waals surface area contributed by atoms with Crippen molar-refractivity contribution in [3.8, 4) is 0 Å². The van der Waals surface area contributed by atoms with E-state index in [9.17, 15) is 4.79 Å². The van der Waals surface area contributed by atoms with Gasteiger partial charge in [-0.15, -0.1) is 0 Å². The van der Waals surface area contributed by atoms with E-state index in [0.717, 1.165) is 31.5 Å². The first-order valence-corrected chi connectivity index (χ1v) is 7.38. The molecular weight excluding hydrogens is 297 g/mol. The van der Waals surface area contributed by atoms with Gasteiger partial charge in [-0.05, 0) is 42.5 Å². The first kappa shape index (κ1) is 15.4. The van der Waals surface area contributed by atoms with Crippen LogP contribution >= 0.6 is 23.2 Å². The molecule has 0 saturated carbocycles. The zero-order valence-corrected chi connectivity index (χ0v) is 12.6. The summed E-state index contributed by atoms with van der Waals surface area (Å²) in [7, 11) is 0. The largest absolute Gasteiger partial charge is 0.396 e. The molecule has 1 saturated heterocycles. The van der Waals surface area contributed by atoms with Crippen molar-refractivity contribution in [2.45, 2.75) is 12.8 Å². The number of carbonyl (C=O) groups excluding carboxylic acids is 1. The van der Waals surface area contributed by atoms with Crippen LogP contribution in [0.4, 0.5) is 0 Å². The van der Waals surface area contributed by atoms with Gasteiger partial charge in [0.1, 0.15) is 0 Å². The van der Waals surface area contributed by atoms with Crippen molar-refractivity contribution < 1.29 is 9.90 Å². The molecule has 0 bridgehead atoms. The Morgan fingerprint density at radius 1 is 1.40 bits per heavy atom. The molecular formula is C15H17Cl2NO2. The zero-order chi connectivity index (χ0) is 14.5. The summed E-state index contributed by atoms with van der Waals surface area (Å²) in [6.07, 6.45) is 5.03. The van der Waals surface area contributed by atoms with Gasteiger partial charge in [0.25, 0.3) is 0 Å². The molecule has 1 aromatic carbocycles. The number of hydrogen-bond donors (Lipinski definition) is 1. The molecule has 1 aliphatic rings. The highest BCUT2D eigenvalue weighted by Crippen LogP contribution is 2.23. The van der Waals surface area contributed by atoms with Gasteiger partial charge in [-0.3, -0.25) is 4.79 Å². The average molecular weight is 314 g/mol. The van der Waals surface area contributed by atoms with E-state index in [-0.39, 0.29) is 12.5 Å². The predicted octanol–water partition coefficient (Wildman–Crippen LogP) is 3.24. The summed E-state index contributed by atoms with van der Waals surface area (Å²) >= 11 is 11.8. The van der Waals surface area contributed by atoms with Gasteiger partial charge in [0.2, 0.25) is 5.91 Å². The number of aliphatic hydroxyl groups is 1. The standard InChI is InChI=1S/C15H17Cl2NO2/c16-13-3-1-11(9-14(13)17)2-4-15(20)18-7-5-12(10-18)6-8-19/h1-4,9,12,19H,5-8,10H2/b4-2+. The number of halogens is 2. The van der Waals surface area contributed by atoms with Crippen LogP contribution in [0.1, 0.15) is 18.4 Å². The van der Waals surface area contributed by atoms with Gasteiger partial charge in [-0.25, -0.2) is 0 Å². The molecule has 0 aliphatic carbocycles. The van der Waals surface area contributed by atoms with E-state index in [1.807, 2.05) is 11.0 Å². The third-order valence-corrected chi connectivity index (χ3v) is 4.24. The normalized spacial score (nSPS) is 18.9. The van der Waals surface area contributed by atoms with Crippen molar-refractivity contribution in [3.05, 3.63) is 39.9 Å². The Bertz CT molecular complexity index is 517. The number of aliphatic hydroxyl groups excluding tert-OH is 1. The van der Waals surface area contributed by atoms with Crippen molar-refractivity contribution in [2.24, 2.45) is 5.92 Å². The maximum atomic E-state index is 12.0. The predicted molar refractivity (Wildman–Crippen MR) is 81.9 cm³/mol. The van der Waals surface area contributed by atoms with E-state index in [4.69, 9.17) is 28.3 Å². The number of rotatable bonds is 4. The number of likely N-dealkylation sites (tertiary alicyclic amines) is 1. The molecule has 108 valence electrons. The van der Waals surface area contributed by atoms with Gasteiger partial charge in [0.15, 0.2) is 0 Å². The Kier molecular flexibility index (Phi) is 5.46. The summed E-state index contributed by atoms with van der Waals surface area (Å²) in [4.78, 5) is 13.9. The van der Waals surface area contributed by atoms with E-state index < -0.39 is 0 Å². The number of nitrogens with zero attached hydrogens (tertiary/aromatic N) is 1. The van der Waals surface area contributed by atoms with Crippen LogP contribution in [0.3, 0.4) is 0 Å². The van der Waals surface area contributed by atoms with Crippen LogP contribution in [0.5, 0.6) is 0 Å². The van der Waals surface area contributed by atoms with Crippen molar-refractivity contribution in [1.29, 1.82) is 0 Å². The maximum Gasteiger partial charge on any atom is 0.246 e. The second-order valence-electron chi connectivity index (χ2n) is 4.96. The highest BCUT2D eigenvalue weighted by Gasteiger charge is 2.24. The van der Waals surface area contributed by atoms with Crippen LogP contribution in [0.25, 0.3) is 6.08 Å². The average Bonchev–Trinajstić information content (AvgIpc) is 2.89. The quantitative estimate of drug-likeness (QED) is 0.867. The van der Waals surface area contributed by atoms with Crippen LogP contribution in [0, 0.1) is 5.92 Å². The number of hydrogen-bond acceptors (Lipinski definition) is 2. The fourth-order valence-corrected chi connectivity index (χ4v) is 2.65. The maximum absolute atomic E-state index is 12.0. The Morgan fingerprint density at radius 3 is 2.90 bits per heavy atom. The lowest BCUT2D eigenvalue weighted by Gasteiger charge is -2.13. The van der Waals surface area contributed by atoms with Crippen molar-refractivity contribution in [2.75, 3.05) is 19.7 Å². The van der Waals surface area contributed by atoms with Crippen LogP contribution in [-0.4, -0.2) is 35.6 Å². The minimum absolute atomic E-state index is 0.00323.